The van der Waals surface area contributed by atoms with Crippen LogP contribution < -0.4 is 24.8 Å². The second kappa shape index (κ2) is 10.4. The van der Waals surface area contributed by atoms with Crippen LogP contribution >= 0.6 is 12.4 Å². The van der Waals surface area contributed by atoms with Crippen LogP contribution in [0.3, 0.4) is 0 Å². The van der Waals surface area contributed by atoms with Crippen molar-refractivity contribution in [2.24, 2.45) is 5.92 Å². The highest BCUT2D eigenvalue weighted by Crippen LogP contribution is 2.39. The molecule has 7 heteroatoms. The number of hydrogen-bond donors (Lipinski definition) is 2. The maximum Gasteiger partial charge on any atom is 0.220 e. The molecule has 0 aromatic heterocycles. The molecule has 1 aliphatic rings. The first-order valence-electron chi connectivity index (χ1n) is 8.39. The summed E-state index contributed by atoms with van der Waals surface area (Å²) in [5.74, 6) is 2.42. The first-order valence-corrected chi connectivity index (χ1v) is 8.39. The summed E-state index contributed by atoms with van der Waals surface area (Å²) in [7, 11) is 4.74. The third-order valence-electron chi connectivity index (χ3n) is 4.51. The van der Waals surface area contributed by atoms with E-state index in [1.54, 1.807) is 21.3 Å². The van der Waals surface area contributed by atoms with E-state index >= 15 is 0 Å². The smallest absolute Gasteiger partial charge is 0.220 e. The molecular weight excluding hydrogens is 344 g/mol. The molecule has 1 heterocycles. The number of rotatable bonds is 8. The van der Waals surface area contributed by atoms with Crippen LogP contribution in [0.25, 0.3) is 0 Å². The van der Waals surface area contributed by atoms with Crippen LogP contribution in [0.2, 0.25) is 0 Å². The standard InChI is InChI=1S/C18H28N2O4.ClH/c1-12(20-17(21)6-5-13-7-8-19-11-13)14-9-15(22-2)18(24-4)16(10-14)23-3;/h9-10,12-13,19H,5-8,11H2,1-4H3,(H,20,21);1H. The maximum atomic E-state index is 12.2. The minimum atomic E-state index is -0.132. The molecule has 0 spiro atoms. The Morgan fingerprint density at radius 3 is 2.36 bits per heavy atom. The van der Waals surface area contributed by atoms with Crippen LogP contribution in [0, 0.1) is 5.92 Å². The van der Waals surface area contributed by atoms with Crippen molar-refractivity contribution in [2.45, 2.75) is 32.2 Å². The number of carbonyl (C=O) groups excluding carboxylic acids is 1. The van der Waals surface area contributed by atoms with Gasteiger partial charge >= 0.3 is 0 Å². The molecule has 0 aliphatic carbocycles. The molecule has 2 unspecified atom stereocenters. The minimum Gasteiger partial charge on any atom is -0.493 e. The molecule has 1 fully saturated rings. The average molecular weight is 373 g/mol. The highest BCUT2D eigenvalue weighted by atomic mass is 35.5. The second-order valence-corrected chi connectivity index (χ2v) is 6.15. The van der Waals surface area contributed by atoms with E-state index in [0.29, 0.717) is 29.6 Å². The van der Waals surface area contributed by atoms with Crippen molar-refractivity contribution in [3.8, 4) is 17.2 Å². The van der Waals surface area contributed by atoms with E-state index < -0.39 is 0 Å². The number of amides is 1. The van der Waals surface area contributed by atoms with E-state index in [1.165, 1.54) is 0 Å². The number of nitrogens with one attached hydrogen (secondary N) is 2. The Bertz CT molecular complexity index is 537. The maximum absolute atomic E-state index is 12.2. The number of ether oxygens (including phenoxy) is 3. The molecule has 1 aromatic rings. The van der Waals surface area contributed by atoms with Gasteiger partial charge in [-0.05, 0) is 56.5 Å². The lowest BCUT2D eigenvalue weighted by Gasteiger charge is -2.19. The zero-order valence-corrected chi connectivity index (χ0v) is 16.2. The fourth-order valence-electron chi connectivity index (χ4n) is 3.04. The van der Waals surface area contributed by atoms with Crippen molar-refractivity contribution in [2.75, 3.05) is 34.4 Å². The molecule has 0 bridgehead atoms. The van der Waals surface area contributed by atoms with Gasteiger partial charge in [-0.1, -0.05) is 0 Å². The summed E-state index contributed by atoms with van der Waals surface area (Å²) in [6.07, 6.45) is 2.65. The molecule has 0 saturated carbocycles. The summed E-state index contributed by atoms with van der Waals surface area (Å²) in [6, 6.07) is 3.60. The van der Waals surface area contributed by atoms with Crippen LogP contribution in [0.15, 0.2) is 12.1 Å². The van der Waals surface area contributed by atoms with Crippen LogP contribution in [-0.2, 0) is 4.79 Å². The van der Waals surface area contributed by atoms with Gasteiger partial charge in [0.25, 0.3) is 0 Å². The molecule has 1 aromatic carbocycles. The second-order valence-electron chi connectivity index (χ2n) is 6.15. The van der Waals surface area contributed by atoms with Crippen molar-refractivity contribution in [1.82, 2.24) is 10.6 Å². The van der Waals surface area contributed by atoms with Gasteiger partial charge in [-0.3, -0.25) is 4.79 Å². The first-order chi connectivity index (χ1) is 11.6. The summed E-state index contributed by atoms with van der Waals surface area (Å²) < 4.78 is 16.1. The lowest BCUT2D eigenvalue weighted by Crippen LogP contribution is -2.27. The molecule has 142 valence electrons. The molecule has 0 radical (unpaired) electrons. The number of benzene rings is 1. The topological polar surface area (TPSA) is 68.8 Å². The highest BCUT2D eigenvalue weighted by molar-refractivity contribution is 5.85. The number of methoxy groups -OCH3 is 3. The number of halogens is 1. The van der Waals surface area contributed by atoms with Gasteiger partial charge in [-0.15, -0.1) is 12.4 Å². The van der Waals surface area contributed by atoms with Crippen LogP contribution in [0.5, 0.6) is 17.2 Å². The van der Waals surface area contributed by atoms with E-state index in [2.05, 4.69) is 10.6 Å². The van der Waals surface area contributed by atoms with Crippen molar-refractivity contribution in [3.63, 3.8) is 0 Å². The van der Waals surface area contributed by atoms with E-state index in [4.69, 9.17) is 14.2 Å². The van der Waals surface area contributed by atoms with Crippen LogP contribution in [-0.4, -0.2) is 40.3 Å². The molecule has 6 nitrogen and oxygen atoms in total. The van der Waals surface area contributed by atoms with Gasteiger partial charge in [0.1, 0.15) is 0 Å². The average Bonchev–Trinajstić information content (AvgIpc) is 3.11. The predicted octanol–water partition coefficient (Wildman–Crippen LogP) is 2.70. The third kappa shape index (κ3) is 5.68. The summed E-state index contributed by atoms with van der Waals surface area (Å²) in [5, 5.41) is 6.38. The zero-order valence-electron chi connectivity index (χ0n) is 15.4. The van der Waals surface area contributed by atoms with Gasteiger partial charge in [0.15, 0.2) is 11.5 Å². The fourth-order valence-corrected chi connectivity index (χ4v) is 3.04. The van der Waals surface area contributed by atoms with E-state index in [9.17, 15) is 4.79 Å². The Kier molecular flexibility index (Phi) is 8.86. The van der Waals surface area contributed by atoms with Gasteiger partial charge in [0.05, 0.1) is 27.4 Å². The molecular formula is C18H29ClN2O4. The van der Waals surface area contributed by atoms with E-state index in [1.807, 2.05) is 19.1 Å². The van der Waals surface area contributed by atoms with Crippen LogP contribution in [0.4, 0.5) is 0 Å². The fraction of sp³-hybridized carbons (Fsp3) is 0.611. The molecule has 1 aliphatic heterocycles. The van der Waals surface area contributed by atoms with E-state index in [0.717, 1.165) is 31.5 Å². The SMILES string of the molecule is COc1cc(C(C)NC(=O)CCC2CCNC2)cc(OC)c1OC.Cl. The Morgan fingerprint density at radius 1 is 1.24 bits per heavy atom. The quantitative estimate of drug-likeness (QED) is 0.734. The number of hydrogen-bond acceptors (Lipinski definition) is 5. The highest BCUT2D eigenvalue weighted by Gasteiger charge is 2.19. The Morgan fingerprint density at radius 2 is 1.88 bits per heavy atom. The monoisotopic (exact) mass is 372 g/mol. The summed E-state index contributed by atoms with van der Waals surface area (Å²) in [5.41, 5.74) is 0.917. The Hall–Kier alpha value is -1.66. The summed E-state index contributed by atoms with van der Waals surface area (Å²) in [4.78, 5) is 12.2. The van der Waals surface area contributed by atoms with Crippen molar-refractivity contribution < 1.29 is 19.0 Å². The van der Waals surface area contributed by atoms with E-state index in [-0.39, 0.29) is 24.4 Å². The predicted molar refractivity (Wildman–Crippen MR) is 100 cm³/mol. The molecule has 2 N–H and O–H groups in total. The molecule has 25 heavy (non-hydrogen) atoms. The molecule has 1 saturated heterocycles. The minimum absolute atomic E-state index is 0. The van der Waals surface area contributed by atoms with Crippen molar-refractivity contribution >= 4 is 18.3 Å². The van der Waals surface area contributed by atoms with Gasteiger partial charge in [0, 0.05) is 6.42 Å². The molecule has 2 rings (SSSR count). The third-order valence-corrected chi connectivity index (χ3v) is 4.51. The van der Waals surface area contributed by atoms with Gasteiger partial charge < -0.3 is 24.8 Å². The Labute approximate surface area is 156 Å². The van der Waals surface area contributed by atoms with Crippen molar-refractivity contribution in [3.05, 3.63) is 17.7 Å². The molecule has 2 atom stereocenters. The lowest BCUT2D eigenvalue weighted by molar-refractivity contribution is -0.122. The van der Waals surface area contributed by atoms with Gasteiger partial charge in [0.2, 0.25) is 11.7 Å². The molecule has 1 amide bonds. The summed E-state index contributed by atoms with van der Waals surface area (Å²) in [6.45, 7) is 4.04. The lowest BCUT2D eigenvalue weighted by atomic mass is 10.0. The number of carbonyl (C=O) groups is 1. The van der Waals surface area contributed by atoms with Gasteiger partial charge in [-0.25, -0.2) is 0 Å². The zero-order chi connectivity index (χ0) is 17.5. The largest absolute Gasteiger partial charge is 0.493 e. The Balaban J connectivity index is 0.00000312. The van der Waals surface area contributed by atoms with Gasteiger partial charge in [-0.2, -0.15) is 0 Å². The first kappa shape index (κ1) is 21.4. The summed E-state index contributed by atoms with van der Waals surface area (Å²) >= 11 is 0. The van der Waals surface area contributed by atoms with Crippen molar-refractivity contribution in [1.29, 1.82) is 0 Å². The normalized spacial score (nSPS) is 17.4. The van der Waals surface area contributed by atoms with Crippen LogP contribution in [0.1, 0.15) is 37.8 Å².